The Bertz CT molecular complexity index is 349. The molecule has 0 bridgehead atoms. The molecular formula is C11H14N2O. The predicted octanol–water partition coefficient (Wildman–Crippen LogP) is 1.46. The van der Waals surface area contributed by atoms with E-state index in [0.29, 0.717) is 13.1 Å². The number of para-hydroxylation sites is 1. The number of nitrogens with one attached hydrogen (secondary N) is 1. The molecule has 1 aromatic carbocycles. The van der Waals surface area contributed by atoms with Crippen LogP contribution in [0.3, 0.4) is 0 Å². The van der Waals surface area contributed by atoms with Gasteiger partial charge in [0.1, 0.15) is 0 Å². The van der Waals surface area contributed by atoms with Gasteiger partial charge in [-0.2, -0.15) is 0 Å². The summed E-state index contributed by atoms with van der Waals surface area (Å²) in [5, 5.41) is 3.26. The summed E-state index contributed by atoms with van der Waals surface area (Å²) in [6.07, 6.45) is 0.511. The van der Waals surface area contributed by atoms with Crippen LogP contribution >= 0.6 is 0 Å². The summed E-state index contributed by atoms with van der Waals surface area (Å²) >= 11 is 0. The number of likely N-dealkylation sites (N-methyl/N-ethyl adjacent to an activating group) is 1. The SMILES string of the molecule is CCN1CNc2ccccc2CC1=O. The molecule has 0 unspecified atom stereocenters. The van der Waals surface area contributed by atoms with E-state index in [4.69, 9.17) is 0 Å². The number of carbonyl (C=O) groups is 1. The zero-order valence-corrected chi connectivity index (χ0v) is 8.29. The Kier molecular flexibility index (Phi) is 2.39. The van der Waals surface area contributed by atoms with Crippen LogP contribution in [0, 0.1) is 0 Å². The Morgan fingerprint density at radius 3 is 3.00 bits per heavy atom. The Morgan fingerprint density at radius 1 is 1.43 bits per heavy atom. The van der Waals surface area contributed by atoms with E-state index in [9.17, 15) is 4.79 Å². The van der Waals surface area contributed by atoms with Gasteiger partial charge in [0.25, 0.3) is 0 Å². The number of carbonyl (C=O) groups excluding carboxylic acids is 1. The average molecular weight is 190 g/mol. The molecule has 0 fully saturated rings. The fraction of sp³-hybridized carbons (Fsp3) is 0.364. The molecular weight excluding hydrogens is 176 g/mol. The number of hydrogen-bond donors (Lipinski definition) is 1. The zero-order chi connectivity index (χ0) is 9.97. The molecule has 2 rings (SSSR count). The maximum atomic E-state index is 11.7. The molecule has 1 aromatic rings. The number of fused-ring (bicyclic) bond motifs is 1. The van der Waals surface area contributed by atoms with Crippen molar-refractivity contribution in [2.45, 2.75) is 13.3 Å². The molecule has 0 aliphatic carbocycles. The summed E-state index contributed by atoms with van der Waals surface area (Å²) in [6.45, 7) is 3.38. The molecule has 1 heterocycles. The molecule has 0 saturated heterocycles. The Hall–Kier alpha value is -1.51. The number of rotatable bonds is 1. The van der Waals surface area contributed by atoms with Gasteiger partial charge in [0.15, 0.2) is 0 Å². The fourth-order valence-corrected chi connectivity index (χ4v) is 1.68. The summed E-state index contributed by atoms with van der Waals surface area (Å²) in [6, 6.07) is 7.97. The van der Waals surface area contributed by atoms with Crippen molar-refractivity contribution in [2.75, 3.05) is 18.5 Å². The lowest BCUT2D eigenvalue weighted by Gasteiger charge is -2.17. The summed E-state index contributed by atoms with van der Waals surface area (Å²) in [4.78, 5) is 13.5. The molecule has 1 amide bonds. The molecule has 3 nitrogen and oxygen atoms in total. The first-order valence-electron chi connectivity index (χ1n) is 4.91. The topological polar surface area (TPSA) is 32.3 Å². The third-order valence-corrected chi connectivity index (χ3v) is 2.55. The van der Waals surface area contributed by atoms with E-state index in [0.717, 1.165) is 17.8 Å². The monoisotopic (exact) mass is 190 g/mol. The van der Waals surface area contributed by atoms with Crippen LogP contribution in [0.4, 0.5) is 5.69 Å². The van der Waals surface area contributed by atoms with Crippen LogP contribution in [0.5, 0.6) is 0 Å². The normalized spacial score (nSPS) is 15.8. The third kappa shape index (κ3) is 1.58. The minimum atomic E-state index is 0.199. The van der Waals surface area contributed by atoms with E-state index in [2.05, 4.69) is 5.32 Å². The van der Waals surface area contributed by atoms with Gasteiger partial charge in [0.2, 0.25) is 5.91 Å². The molecule has 0 saturated carbocycles. The molecule has 0 spiro atoms. The highest BCUT2D eigenvalue weighted by Crippen LogP contribution is 2.19. The quantitative estimate of drug-likeness (QED) is 0.727. The van der Waals surface area contributed by atoms with E-state index in [1.807, 2.05) is 36.1 Å². The fourth-order valence-electron chi connectivity index (χ4n) is 1.68. The average Bonchev–Trinajstić information content (AvgIpc) is 2.36. The minimum absolute atomic E-state index is 0.199. The van der Waals surface area contributed by atoms with E-state index in [1.54, 1.807) is 0 Å². The second-order valence-corrected chi connectivity index (χ2v) is 3.42. The van der Waals surface area contributed by atoms with E-state index >= 15 is 0 Å². The molecule has 1 N–H and O–H groups in total. The second kappa shape index (κ2) is 3.70. The predicted molar refractivity (Wildman–Crippen MR) is 56.0 cm³/mol. The van der Waals surface area contributed by atoms with Crippen molar-refractivity contribution < 1.29 is 4.79 Å². The van der Waals surface area contributed by atoms with E-state index in [-0.39, 0.29) is 5.91 Å². The summed E-state index contributed by atoms with van der Waals surface area (Å²) in [5.41, 5.74) is 2.17. The van der Waals surface area contributed by atoms with E-state index in [1.165, 1.54) is 0 Å². The van der Waals surface area contributed by atoms with Gasteiger partial charge in [-0.3, -0.25) is 4.79 Å². The van der Waals surface area contributed by atoms with Gasteiger partial charge < -0.3 is 10.2 Å². The minimum Gasteiger partial charge on any atom is -0.367 e. The molecule has 1 aliphatic heterocycles. The number of anilines is 1. The van der Waals surface area contributed by atoms with Crippen LogP contribution in [0.25, 0.3) is 0 Å². The summed E-state index contributed by atoms with van der Waals surface area (Å²) in [7, 11) is 0. The highest BCUT2D eigenvalue weighted by atomic mass is 16.2. The van der Waals surface area contributed by atoms with Gasteiger partial charge in [-0.05, 0) is 18.6 Å². The van der Waals surface area contributed by atoms with Crippen molar-refractivity contribution in [3.63, 3.8) is 0 Å². The standard InChI is InChI=1S/C11H14N2O/c1-2-13-8-12-10-6-4-3-5-9(10)7-11(13)14/h3-6,12H,2,7-8H2,1H3. The maximum absolute atomic E-state index is 11.7. The zero-order valence-electron chi connectivity index (χ0n) is 8.29. The number of amides is 1. The molecule has 3 heteroatoms. The molecule has 1 aliphatic rings. The van der Waals surface area contributed by atoms with Crippen LogP contribution in [-0.2, 0) is 11.2 Å². The molecule has 0 radical (unpaired) electrons. The first kappa shape index (κ1) is 9.06. The first-order chi connectivity index (χ1) is 6.81. The number of nitrogens with zero attached hydrogens (tertiary/aromatic N) is 1. The Labute approximate surface area is 83.7 Å². The smallest absolute Gasteiger partial charge is 0.228 e. The van der Waals surface area contributed by atoms with Crippen LogP contribution in [-0.4, -0.2) is 24.0 Å². The van der Waals surface area contributed by atoms with Crippen LogP contribution in [0.2, 0.25) is 0 Å². The molecule has 0 aromatic heterocycles. The van der Waals surface area contributed by atoms with Crippen molar-refractivity contribution in [1.29, 1.82) is 0 Å². The lowest BCUT2D eigenvalue weighted by atomic mass is 10.1. The number of hydrogen-bond acceptors (Lipinski definition) is 2. The first-order valence-corrected chi connectivity index (χ1v) is 4.91. The van der Waals surface area contributed by atoms with Gasteiger partial charge in [0, 0.05) is 12.2 Å². The summed E-state index contributed by atoms with van der Waals surface area (Å²) < 4.78 is 0. The van der Waals surface area contributed by atoms with Crippen LogP contribution < -0.4 is 5.32 Å². The third-order valence-electron chi connectivity index (χ3n) is 2.55. The highest BCUT2D eigenvalue weighted by molar-refractivity contribution is 5.82. The number of benzene rings is 1. The van der Waals surface area contributed by atoms with Crippen molar-refractivity contribution in [3.05, 3.63) is 29.8 Å². The van der Waals surface area contributed by atoms with Crippen LogP contribution in [0.15, 0.2) is 24.3 Å². The van der Waals surface area contributed by atoms with Gasteiger partial charge in [-0.15, -0.1) is 0 Å². The highest BCUT2D eigenvalue weighted by Gasteiger charge is 2.17. The second-order valence-electron chi connectivity index (χ2n) is 3.42. The lowest BCUT2D eigenvalue weighted by molar-refractivity contribution is -0.129. The van der Waals surface area contributed by atoms with Gasteiger partial charge >= 0.3 is 0 Å². The van der Waals surface area contributed by atoms with Crippen LogP contribution in [0.1, 0.15) is 12.5 Å². The van der Waals surface area contributed by atoms with Crippen molar-refractivity contribution in [1.82, 2.24) is 4.90 Å². The molecule has 14 heavy (non-hydrogen) atoms. The van der Waals surface area contributed by atoms with Crippen molar-refractivity contribution >= 4 is 11.6 Å². The Morgan fingerprint density at radius 2 is 2.21 bits per heavy atom. The summed E-state index contributed by atoms with van der Waals surface area (Å²) in [5.74, 6) is 0.199. The van der Waals surface area contributed by atoms with E-state index < -0.39 is 0 Å². The van der Waals surface area contributed by atoms with Gasteiger partial charge in [0.05, 0.1) is 13.1 Å². The molecule has 74 valence electrons. The Balaban J connectivity index is 2.28. The van der Waals surface area contributed by atoms with Crippen molar-refractivity contribution in [2.24, 2.45) is 0 Å². The van der Waals surface area contributed by atoms with Gasteiger partial charge in [-0.1, -0.05) is 18.2 Å². The van der Waals surface area contributed by atoms with Crippen molar-refractivity contribution in [3.8, 4) is 0 Å². The largest absolute Gasteiger partial charge is 0.367 e. The van der Waals surface area contributed by atoms with Gasteiger partial charge in [-0.25, -0.2) is 0 Å². The lowest BCUT2D eigenvalue weighted by Crippen LogP contribution is -2.33. The maximum Gasteiger partial charge on any atom is 0.228 e. The molecule has 0 atom stereocenters.